The first-order chi connectivity index (χ1) is 14.0. The van der Waals surface area contributed by atoms with E-state index >= 15 is 0 Å². The van der Waals surface area contributed by atoms with Crippen LogP contribution in [0.25, 0.3) is 11.1 Å². The van der Waals surface area contributed by atoms with Crippen LogP contribution in [0.2, 0.25) is 0 Å². The zero-order valence-electron chi connectivity index (χ0n) is 16.7. The van der Waals surface area contributed by atoms with Crippen molar-refractivity contribution in [2.45, 2.75) is 31.8 Å². The van der Waals surface area contributed by atoms with Crippen LogP contribution in [-0.4, -0.2) is 39.6 Å². The van der Waals surface area contributed by atoms with Crippen LogP contribution in [0.4, 0.5) is 0 Å². The molecule has 1 aliphatic rings. The van der Waals surface area contributed by atoms with Crippen molar-refractivity contribution in [2.75, 3.05) is 13.1 Å². The van der Waals surface area contributed by atoms with Crippen molar-refractivity contribution in [1.82, 2.24) is 9.88 Å². The molecular formula is C25H26N2O2. The first-order valence-corrected chi connectivity index (χ1v) is 10.1. The number of rotatable bonds is 4. The summed E-state index contributed by atoms with van der Waals surface area (Å²) in [6.07, 6.45) is 5.30. The molecule has 0 atom stereocenters. The third-order valence-corrected chi connectivity index (χ3v) is 5.75. The number of pyridine rings is 1. The molecule has 1 aromatic heterocycles. The van der Waals surface area contributed by atoms with Gasteiger partial charge >= 0.3 is 0 Å². The second kappa shape index (κ2) is 8.18. The molecule has 3 aromatic rings. The van der Waals surface area contributed by atoms with Gasteiger partial charge in [0.15, 0.2) is 0 Å². The van der Waals surface area contributed by atoms with Crippen LogP contribution in [0, 0.1) is 6.92 Å². The Morgan fingerprint density at radius 2 is 1.72 bits per heavy atom. The molecular weight excluding hydrogens is 360 g/mol. The van der Waals surface area contributed by atoms with Gasteiger partial charge in [0.25, 0.3) is 5.91 Å². The lowest BCUT2D eigenvalue weighted by Crippen LogP contribution is -2.47. The Balaban J connectivity index is 1.51. The maximum Gasteiger partial charge on any atom is 0.254 e. The van der Waals surface area contributed by atoms with Crippen molar-refractivity contribution in [3.05, 3.63) is 89.7 Å². The minimum Gasteiger partial charge on any atom is -0.389 e. The van der Waals surface area contributed by atoms with E-state index in [2.05, 4.69) is 11.1 Å². The van der Waals surface area contributed by atoms with Crippen molar-refractivity contribution >= 4 is 5.91 Å². The molecule has 4 heteroatoms. The molecule has 0 radical (unpaired) electrons. The summed E-state index contributed by atoms with van der Waals surface area (Å²) in [5, 5.41) is 11.0. The molecule has 2 aromatic carbocycles. The average Bonchev–Trinajstić information content (AvgIpc) is 2.75. The number of benzene rings is 2. The smallest absolute Gasteiger partial charge is 0.254 e. The monoisotopic (exact) mass is 386 g/mol. The van der Waals surface area contributed by atoms with Crippen LogP contribution in [0.15, 0.2) is 73.1 Å². The second-order valence-electron chi connectivity index (χ2n) is 7.96. The van der Waals surface area contributed by atoms with E-state index in [-0.39, 0.29) is 5.91 Å². The summed E-state index contributed by atoms with van der Waals surface area (Å²) in [6, 6.07) is 19.9. The molecule has 2 heterocycles. The van der Waals surface area contributed by atoms with E-state index in [1.54, 1.807) is 12.4 Å². The van der Waals surface area contributed by atoms with Gasteiger partial charge in [0.05, 0.1) is 5.60 Å². The Morgan fingerprint density at radius 3 is 2.41 bits per heavy atom. The molecule has 1 amide bonds. The Morgan fingerprint density at radius 1 is 1.03 bits per heavy atom. The number of amides is 1. The maximum atomic E-state index is 13.3. The minimum absolute atomic E-state index is 0.0265. The van der Waals surface area contributed by atoms with E-state index in [9.17, 15) is 9.90 Å². The number of carbonyl (C=O) groups excluding carboxylic acids is 1. The Labute approximate surface area is 171 Å². The average molecular weight is 386 g/mol. The number of hydrogen-bond donors (Lipinski definition) is 1. The second-order valence-corrected chi connectivity index (χ2v) is 7.96. The van der Waals surface area contributed by atoms with Gasteiger partial charge in [0, 0.05) is 37.5 Å². The van der Waals surface area contributed by atoms with Crippen LogP contribution >= 0.6 is 0 Å². The van der Waals surface area contributed by atoms with Gasteiger partial charge < -0.3 is 10.0 Å². The molecule has 0 aliphatic carbocycles. The number of aryl methyl sites for hydroxylation is 1. The molecule has 0 bridgehead atoms. The molecule has 29 heavy (non-hydrogen) atoms. The number of likely N-dealkylation sites (tertiary alicyclic amines) is 1. The normalized spacial score (nSPS) is 15.9. The molecule has 0 saturated carbocycles. The molecule has 4 nitrogen and oxygen atoms in total. The number of nitrogens with zero attached hydrogens (tertiary/aromatic N) is 2. The molecule has 1 saturated heterocycles. The lowest BCUT2D eigenvalue weighted by atomic mass is 9.85. The standard InChI is InChI=1S/C25H26N2O2/c1-19-7-8-22(23(17-19)21-9-13-26-14-10-21)24(28)27-15-11-25(29,12-16-27)18-20-5-3-2-4-6-20/h2-10,13-14,17,29H,11-12,15-16,18H2,1H3. The fourth-order valence-electron chi connectivity index (χ4n) is 4.06. The topological polar surface area (TPSA) is 53.4 Å². The van der Waals surface area contributed by atoms with E-state index in [0.29, 0.717) is 37.9 Å². The zero-order chi connectivity index (χ0) is 20.3. The fourth-order valence-corrected chi connectivity index (χ4v) is 4.06. The predicted octanol–water partition coefficient (Wildman–Crippen LogP) is 4.27. The lowest BCUT2D eigenvalue weighted by Gasteiger charge is -2.38. The molecule has 1 fully saturated rings. The van der Waals surface area contributed by atoms with Crippen LogP contribution in [0.1, 0.15) is 34.3 Å². The predicted molar refractivity (Wildman–Crippen MR) is 115 cm³/mol. The van der Waals surface area contributed by atoms with Gasteiger partial charge in [-0.05, 0) is 54.7 Å². The first-order valence-electron chi connectivity index (χ1n) is 10.1. The highest BCUT2D eigenvalue weighted by molar-refractivity contribution is 6.01. The van der Waals surface area contributed by atoms with Crippen molar-refractivity contribution < 1.29 is 9.90 Å². The van der Waals surface area contributed by atoms with E-state index < -0.39 is 5.60 Å². The van der Waals surface area contributed by atoms with Crippen molar-refractivity contribution in [3.8, 4) is 11.1 Å². The largest absolute Gasteiger partial charge is 0.389 e. The van der Waals surface area contributed by atoms with Gasteiger partial charge in [0.1, 0.15) is 0 Å². The molecule has 4 rings (SSSR count). The number of hydrogen-bond acceptors (Lipinski definition) is 3. The molecule has 1 aliphatic heterocycles. The Hall–Kier alpha value is -2.98. The van der Waals surface area contributed by atoms with Gasteiger partial charge in [-0.3, -0.25) is 9.78 Å². The number of aliphatic hydroxyl groups is 1. The summed E-state index contributed by atoms with van der Waals surface area (Å²) in [5.74, 6) is 0.0265. The van der Waals surface area contributed by atoms with Crippen molar-refractivity contribution in [1.29, 1.82) is 0 Å². The maximum absolute atomic E-state index is 13.3. The molecule has 0 unspecified atom stereocenters. The molecule has 0 spiro atoms. The minimum atomic E-state index is -0.751. The van der Waals surface area contributed by atoms with E-state index in [4.69, 9.17) is 0 Å². The fraction of sp³-hybridized carbons (Fsp3) is 0.280. The summed E-state index contributed by atoms with van der Waals surface area (Å²) in [4.78, 5) is 19.3. The van der Waals surface area contributed by atoms with Crippen molar-refractivity contribution in [3.63, 3.8) is 0 Å². The Kier molecular flexibility index (Phi) is 5.45. The van der Waals surface area contributed by atoms with Crippen LogP contribution in [0.3, 0.4) is 0 Å². The summed E-state index contributed by atoms with van der Waals surface area (Å²) in [5.41, 5.74) is 4.12. The van der Waals surface area contributed by atoms with Gasteiger partial charge in [-0.15, -0.1) is 0 Å². The van der Waals surface area contributed by atoms with E-state index in [1.807, 2.05) is 66.4 Å². The third kappa shape index (κ3) is 4.38. The first kappa shape index (κ1) is 19.3. The zero-order valence-corrected chi connectivity index (χ0v) is 16.7. The molecule has 1 N–H and O–H groups in total. The third-order valence-electron chi connectivity index (χ3n) is 5.75. The summed E-state index contributed by atoms with van der Waals surface area (Å²) >= 11 is 0. The highest BCUT2D eigenvalue weighted by Gasteiger charge is 2.34. The summed E-state index contributed by atoms with van der Waals surface area (Å²) in [6.45, 7) is 3.15. The van der Waals surface area contributed by atoms with Crippen LogP contribution in [0.5, 0.6) is 0 Å². The van der Waals surface area contributed by atoms with Gasteiger partial charge in [0.2, 0.25) is 0 Å². The highest BCUT2D eigenvalue weighted by atomic mass is 16.3. The number of piperidine rings is 1. The van der Waals surface area contributed by atoms with E-state index in [1.165, 1.54) is 0 Å². The number of aromatic nitrogens is 1. The quantitative estimate of drug-likeness (QED) is 0.729. The lowest BCUT2D eigenvalue weighted by molar-refractivity contribution is -0.0162. The number of carbonyl (C=O) groups is 1. The van der Waals surface area contributed by atoms with E-state index in [0.717, 1.165) is 22.3 Å². The summed E-state index contributed by atoms with van der Waals surface area (Å²) < 4.78 is 0. The van der Waals surface area contributed by atoms with Gasteiger partial charge in [-0.25, -0.2) is 0 Å². The Bertz CT molecular complexity index is 978. The highest BCUT2D eigenvalue weighted by Crippen LogP contribution is 2.30. The van der Waals surface area contributed by atoms with Crippen molar-refractivity contribution in [2.24, 2.45) is 0 Å². The van der Waals surface area contributed by atoms with Crippen LogP contribution < -0.4 is 0 Å². The van der Waals surface area contributed by atoms with Gasteiger partial charge in [-0.1, -0.05) is 48.0 Å². The van der Waals surface area contributed by atoms with Crippen LogP contribution in [-0.2, 0) is 6.42 Å². The van der Waals surface area contributed by atoms with Gasteiger partial charge in [-0.2, -0.15) is 0 Å². The molecule has 148 valence electrons. The SMILES string of the molecule is Cc1ccc(C(=O)N2CCC(O)(Cc3ccccc3)CC2)c(-c2ccncc2)c1. The summed E-state index contributed by atoms with van der Waals surface area (Å²) in [7, 11) is 0.